The van der Waals surface area contributed by atoms with Crippen LogP contribution in [-0.4, -0.2) is 13.0 Å². The molecule has 0 saturated carbocycles. The molecule has 2 nitrogen and oxygen atoms in total. The molecule has 0 unspecified atom stereocenters. The highest BCUT2D eigenvalue weighted by atomic mass is 35.5. The second-order valence-corrected chi connectivity index (χ2v) is 2.52. The van der Waals surface area contributed by atoms with E-state index in [0.29, 0.717) is 5.16 Å². The summed E-state index contributed by atoms with van der Waals surface area (Å²) in [6.07, 6.45) is 4.87. The van der Waals surface area contributed by atoms with E-state index in [1.54, 1.807) is 7.11 Å². The predicted octanol–water partition coefficient (Wildman–Crippen LogP) is 2.30. The molecule has 1 aliphatic rings. The van der Waals surface area contributed by atoms with E-state index in [4.69, 9.17) is 16.3 Å². The Hall–Kier alpha value is -0.500. The number of hydrogen-bond donors (Lipinski definition) is 0. The molecular weight excluding hydrogens is 150 g/mol. The number of allylic oxidation sites excluding steroid dienone is 1. The van der Waals surface area contributed by atoms with Crippen LogP contribution in [0.25, 0.3) is 0 Å². The van der Waals surface area contributed by atoms with Crippen LogP contribution in [0.3, 0.4) is 0 Å². The van der Waals surface area contributed by atoms with Crippen molar-refractivity contribution in [2.24, 2.45) is 4.99 Å². The van der Waals surface area contributed by atoms with Gasteiger partial charge in [-0.1, -0.05) is 11.6 Å². The van der Waals surface area contributed by atoms with Crippen LogP contribution in [0.15, 0.2) is 16.2 Å². The van der Waals surface area contributed by atoms with Gasteiger partial charge in [0.25, 0.3) is 0 Å². The lowest BCUT2D eigenvalue weighted by Gasteiger charge is -1.99. The third-order valence-electron chi connectivity index (χ3n) is 1.37. The van der Waals surface area contributed by atoms with Crippen LogP contribution in [-0.2, 0) is 4.74 Å². The van der Waals surface area contributed by atoms with Crippen molar-refractivity contribution in [2.45, 2.75) is 19.3 Å². The van der Waals surface area contributed by atoms with Crippen molar-refractivity contribution in [3.8, 4) is 0 Å². The van der Waals surface area contributed by atoms with E-state index >= 15 is 0 Å². The Bertz CT molecular complexity index is 174. The van der Waals surface area contributed by atoms with Crippen LogP contribution in [0.4, 0.5) is 0 Å². The normalized spacial score (nSPS) is 19.0. The molecule has 0 aliphatic carbocycles. The molecule has 0 aromatic carbocycles. The fraction of sp³-hybridized carbons (Fsp3) is 0.571. The van der Waals surface area contributed by atoms with Crippen molar-refractivity contribution >= 4 is 17.5 Å². The summed E-state index contributed by atoms with van der Waals surface area (Å²) in [7, 11) is 1.62. The number of rotatable bonds is 0. The third-order valence-corrected chi connectivity index (χ3v) is 1.61. The molecule has 0 atom stereocenters. The van der Waals surface area contributed by atoms with Crippen LogP contribution in [0, 0.1) is 0 Å². The minimum absolute atomic E-state index is 0.550. The van der Waals surface area contributed by atoms with Crippen LogP contribution in [0.5, 0.6) is 0 Å². The Kier molecular flexibility index (Phi) is 2.75. The minimum Gasteiger partial charge on any atom is -0.484 e. The number of halogens is 1. The maximum absolute atomic E-state index is 5.69. The van der Waals surface area contributed by atoms with Gasteiger partial charge in [-0.15, -0.1) is 0 Å². The van der Waals surface area contributed by atoms with E-state index < -0.39 is 0 Å². The summed E-state index contributed by atoms with van der Waals surface area (Å²) in [5, 5.41) is 0.550. The Morgan fingerprint density at radius 1 is 1.70 bits per heavy atom. The summed E-state index contributed by atoms with van der Waals surface area (Å²) in [6.45, 7) is 0. The number of methoxy groups -OCH3 is 1. The predicted molar refractivity (Wildman–Crippen MR) is 42.2 cm³/mol. The van der Waals surface area contributed by atoms with Crippen LogP contribution in [0.1, 0.15) is 19.3 Å². The zero-order chi connectivity index (χ0) is 7.40. The Labute approximate surface area is 65.5 Å². The standard InChI is InChI=1S/C7H10ClNO/c1-10-7-5-3-2-4-6(8)9-7/h4H,2-3,5H2,1H3. The highest BCUT2D eigenvalue weighted by Gasteiger charge is 2.02. The van der Waals surface area contributed by atoms with E-state index in [1.807, 2.05) is 6.08 Å². The molecule has 0 spiro atoms. The average molecular weight is 160 g/mol. The summed E-state index contributed by atoms with van der Waals surface area (Å²) in [5.41, 5.74) is 0. The fourth-order valence-corrected chi connectivity index (χ4v) is 1.05. The molecule has 0 radical (unpaired) electrons. The molecule has 1 aliphatic heterocycles. The lowest BCUT2D eigenvalue weighted by Crippen LogP contribution is -1.98. The molecule has 3 heteroatoms. The first-order chi connectivity index (χ1) is 4.83. The smallest absolute Gasteiger partial charge is 0.188 e. The van der Waals surface area contributed by atoms with Crippen molar-refractivity contribution in [3.63, 3.8) is 0 Å². The first-order valence-electron chi connectivity index (χ1n) is 3.30. The van der Waals surface area contributed by atoms with Gasteiger partial charge < -0.3 is 4.74 Å². The van der Waals surface area contributed by atoms with Gasteiger partial charge in [0.2, 0.25) is 0 Å². The minimum atomic E-state index is 0.550. The van der Waals surface area contributed by atoms with Gasteiger partial charge in [0, 0.05) is 6.42 Å². The Balaban J connectivity index is 2.65. The molecule has 56 valence electrons. The fourth-order valence-electron chi connectivity index (χ4n) is 0.843. The molecule has 0 saturated heterocycles. The number of nitrogens with zero attached hydrogens (tertiary/aromatic N) is 1. The summed E-state index contributed by atoms with van der Waals surface area (Å²) < 4.78 is 4.97. The first kappa shape index (κ1) is 7.61. The van der Waals surface area contributed by atoms with Crippen LogP contribution in [0.2, 0.25) is 0 Å². The van der Waals surface area contributed by atoms with Gasteiger partial charge in [-0.25, -0.2) is 4.99 Å². The lowest BCUT2D eigenvalue weighted by atomic mass is 10.2. The van der Waals surface area contributed by atoms with E-state index in [2.05, 4.69) is 4.99 Å². The first-order valence-corrected chi connectivity index (χ1v) is 3.68. The number of aliphatic imine (C=N–C) groups is 1. The van der Waals surface area contributed by atoms with Crippen molar-refractivity contribution in [1.82, 2.24) is 0 Å². The van der Waals surface area contributed by atoms with Gasteiger partial charge in [0.1, 0.15) is 5.16 Å². The molecule has 0 aromatic rings. The van der Waals surface area contributed by atoms with Gasteiger partial charge in [-0.05, 0) is 18.9 Å². The highest BCUT2D eigenvalue weighted by molar-refractivity contribution is 6.29. The average Bonchev–Trinajstić information content (AvgIpc) is 2.13. The van der Waals surface area contributed by atoms with Crippen molar-refractivity contribution in [2.75, 3.05) is 7.11 Å². The molecule has 0 N–H and O–H groups in total. The van der Waals surface area contributed by atoms with E-state index in [1.165, 1.54) is 0 Å². The largest absolute Gasteiger partial charge is 0.484 e. The van der Waals surface area contributed by atoms with E-state index in [-0.39, 0.29) is 0 Å². The monoisotopic (exact) mass is 159 g/mol. The highest BCUT2D eigenvalue weighted by Crippen LogP contribution is 2.13. The van der Waals surface area contributed by atoms with Crippen LogP contribution >= 0.6 is 11.6 Å². The van der Waals surface area contributed by atoms with Crippen molar-refractivity contribution < 1.29 is 4.74 Å². The molecule has 0 aromatic heterocycles. The molecule has 1 heterocycles. The summed E-state index contributed by atoms with van der Waals surface area (Å²) in [6, 6.07) is 0. The molecule has 10 heavy (non-hydrogen) atoms. The van der Waals surface area contributed by atoms with Gasteiger partial charge in [-0.2, -0.15) is 0 Å². The molecular formula is C7H10ClNO. The maximum atomic E-state index is 5.69. The molecule has 1 rings (SSSR count). The molecule has 0 amide bonds. The quantitative estimate of drug-likeness (QED) is 0.497. The zero-order valence-corrected chi connectivity index (χ0v) is 6.69. The molecule has 0 bridgehead atoms. The van der Waals surface area contributed by atoms with Gasteiger partial charge in [-0.3, -0.25) is 0 Å². The number of ether oxygens (including phenoxy) is 1. The van der Waals surface area contributed by atoms with E-state index in [9.17, 15) is 0 Å². The summed E-state index contributed by atoms with van der Waals surface area (Å²) in [5.74, 6) is 0.735. The lowest BCUT2D eigenvalue weighted by molar-refractivity contribution is 0.389. The van der Waals surface area contributed by atoms with E-state index in [0.717, 1.165) is 25.2 Å². The third kappa shape index (κ3) is 2.03. The second-order valence-electron chi connectivity index (χ2n) is 2.13. The zero-order valence-electron chi connectivity index (χ0n) is 5.93. The Morgan fingerprint density at radius 3 is 3.20 bits per heavy atom. The summed E-state index contributed by atoms with van der Waals surface area (Å²) >= 11 is 5.69. The van der Waals surface area contributed by atoms with Gasteiger partial charge in [0.05, 0.1) is 7.11 Å². The Morgan fingerprint density at radius 2 is 2.50 bits per heavy atom. The molecule has 0 fully saturated rings. The maximum Gasteiger partial charge on any atom is 0.188 e. The SMILES string of the molecule is COC1=NC(Cl)=CCCC1. The van der Waals surface area contributed by atoms with Gasteiger partial charge in [0.15, 0.2) is 5.90 Å². The number of hydrogen-bond acceptors (Lipinski definition) is 2. The summed E-state index contributed by atoms with van der Waals surface area (Å²) in [4.78, 5) is 4.02. The van der Waals surface area contributed by atoms with Crippen LogP contribution < -0.4 is 0 Å². The second kappa shape index (κ2) is 3.62. The topological polar surface area (TPSA) is 21.6 Å². The van der Waals surface area contributed by atoms with Crippen molar-refractivity contribution in [3.05, 3.63) is 11.2 Å². The van der Waals surface area contributed by atoms with Gasteiger partial charge >= 0.3 is 0 Å². The van der Waals surface area contributed by atoms with Crippen molar-refractivity contribution in [1.29, 1.82) is 0 Å².